The van der Waals surface area contributed by atoms with Gasteiger partial charge in [-0.05, 0) is 52.7 Å². The van der Waals surface area contributed by atoms with E-state index in [1.165, 1.54) is 24.1 Å². The summed E-state index contributed by atoms with van der Waals surface area (Å²) in [6, 6.07) is 20.6. The van der Waals surface area contributed by atoms with Gasteiger partial charge in [0.25, 0.3) is 5.69 Å². The zero-order valence-corrected chi connectivity index (χ0v) is 25.4. The van der Waals surface area contributed by atoms with E-state index < -0.39 is 33.9 Å². The summed E-state index contributed by atoms with van der Waals surface area (Å²) in [6.45, 7) is 10.4. The van der Waals surface area contributed by atoms with Crippen molar-refractivity contribution in [2.45, 2.75) is 58.3 Å². The van der Waals surface area contributed by atoms with Gasteiger partial charge in [-0.15, -0.1) is 0 Å². The molecule has 2 amide bonds. The first-order valence-corrected chi connectivity index (χ1v) is 13.4. The second-order valence-electron chi connectivity index (χ2n) is 11.6. The molecule has 3 aromatic rings. The number of hydrogen-bond acceptors (Lipinski definition) is 6. The normalized spacial score (nSPS) is 11.9. The number of nitro groups is 1. The minimum atomic E-state index is -1.52. The maximum atomic E-state index is 13.8. The minimum Gasteiger partial charge on any atom is -0.444 e. The van der Waals surface area contributed by atoms with Crippen LogP contribution in [0.25, 0.3) is 0 Å². The summed E-state index contributed by atoms with van der Waals surface area (Å²) >= 11 is 7.11. The van der Waals surface area contributed by atoms with Gasteiger partial charge >= 0.3 is 12.2 Å². The van der Waals surface area contributed by atoms with Gasteiger partial charge in [0.15, 0.2) is 0 Å². The molecular formula is C31H36ClN3O6. The number of hydrogen-bond donors (Lipinski definition) is 0. The topological polar surface area (TPSA) is 102 Å². The summed E-state index contributed by atoms with van der Waals surface area (Å²) in [5.74, 6) is 0. The summed E-state index contributed by atoms with van der Waals surface area (Å²) < 4.78 is 11.3. The van der Waals surface area contributed by atoms with Gasteiger partial charge in [0.05, 0.1) is 15.6 Å². The molecule has 0 saturated heterocycles. The van der Waals surface area contributed by atoms with Gasteiger partial charge in [-0.25, -0.2) is 9.59 Å². The number of halogens is 1. The van der Waals surface area contributed by atoms with Crippen LogP contribution >= 0.6 is 11.6 Å². The van der Waals surface area contributed by atoms with Gasteiger partial charge < -0.3 is 9.47 Å². The molecule has 0 heterocycles. The molecule has 0 aromatic heterocycles. The number of nitrogens with zero attached hydrogens (tertiary/aromatic N) is 3. The van der Waals surface area contributed by atoms with Crippen LogP contribution in [0.2, 0.25) is 5.02 Å². The number of ether oxygens (including phenoxy) is 2. The molecule has 9 nitrogen and oxygen atoms in total. The van der Waals surface area contributed by atoms with Crippen LogP contribution in [-0.4, -0.2) is 47.3 Å². The Labute approximate surface area is 245 Å². The van der Waals surface area contributed by atoms with Crippen molar-refractivity contribution >= 4 is 35.2 Å². The molecule has 218 valence electrons. The highest BCUT2D eigenvalue weighted by atomic mass is 35.5. The van der Waals surface area contributed by atoms with Gasteiger partial charge in [0.1, 0.15) is 16.7 Å². The van der Waals surface area contributed by atoms with E-state index >= 15 is 0 Å². The van der Waals surface area contributed by atoms with E-state index in [9.17, 15) is 19.7 Å². The zero-order valence-electron chi connectivity index (χ0n) is 24.6. The molecule has 3 rings (SSSR count). The summed E-state index contributed by atoms with van der Waals surface area (Å²) in [6.07, 6.45) is -1.44. The van der Waals surface area contributed by atoms with Crippen molar-refractivity contribution in [3.63, 3.8) is 0 Å². The molecule has 10 heteroatoms. The number of carbonyl (C=O) groups excluding carboxylic acids is 2. The van der Waals surface area contributed by atoms with E-state index in [0.29, 0.717) is 11.1 Å². The largest absolute Gasteiger partial charge is 0.444 e. The Hall–Kier alpha value is -4.11. The fourth-order valence-corrected chi connectivity index (χ4v) is 4.88. The molecule has 0 radical (unpaired) electrons. The maximum absolute atomic E-state index is 13.8. The number of non-ortho nitro benzene ring substituents is 1. The van der Waals surface area contributed by atoms with Crippen LogP contribution < -0.4 is 4.90 Å². The Morgan fingerprint density at radius 1 is 0.780 bits per heavy atom. The lowest BCUT2D eigenvalue weighted by Gasteiger charge is -2.44. The zero-order chi connectivity index (χ0) is 30.8. The first-order valence-electron chi connectivity index (χ1n) is 13.0. The fourth-order valence-electron chi connectivity index (χ4n) is 4.51. The lowest BCUT2D eigenvalue weighted by atomic mass is 9.75. The van der Waals surface area contributed by atoms with Gasteiger partial charge in [0, 0.05) is 31.8 Å². The van der Waals surface area contributed by atoms with Gasteiger partial charge in [-0.3, -0.25) is 19.9 Å². The third kappa shape index (κ3) is 6.79. The average molecular weight is 582 g/mol. The van der Waals surface area contributed by atoms with Crippen LogP contribution in [0.1, 0.15) is 58.2 Å². The quantitative estimate of drug-likeness (QED) is 0.167. The van der Waals surface area contributed by atoms with E-state index in [4.69, 9.17) is 21.1 Å². The molecule has 41 heavy (non-hydrogen) atoms. The van der Waals surface area contributed by atoms with Crippen LogP contribution in [0.4, 0.5) is 21.0 Å². The van der Waals surface area contributed by atoms with Crippen molar-refractivity contribution in [1.82, 2.24) is 4.90 Å². The standard InChI is InChI=1S/C31H36ClN3O6/c1-29(2,3)40-27(36)33(7)25-20-23(35(38)39)19-24(26(25)32)31(21-15-11-9-12-16-21,22-17-13-10-14-18-22)34(8)28(37)41-30(4,5)6/h9-20H,1-8H3. The summed E-state index contributed by atoms with van der Waals surface area (Å²) in [5, 5.41) is 12.3. The van der Waals surface area contributed by atoms with Crippen molar-refractivity contribution < 1.29 is 24.0 Å². The number of rotatable bonds is 6. The lowest BCUT2D eigenvalue weighted by Crippen LogP contribution is -2.50. The molecule has 0 aliphatic rings. The van der Waals surface area contributed by atoms with Crippen LogP contribution in [0, 0.1) is 10.1 Å². The number of nitro benzene ring substituents is 1. The minimum absolute atomic E-state index is 0.0204. The highest BCUT2D eigenvalue weighted by molar-refractivity contribution is 6.35. The Balaban J connectivity index is 2.49. The molecule has 0 N–H and O–H groups in total. The second kappa shape index (κ2) is 11.8. The number of anilines is 1. The lowest BCUT2D eigenvalue weighted by molar-refractivity contribution is -0.384. The van der Waals surface area contributed by atoms with Gasteiger partial charge in [0.2, 0.25) is 0 Å². The van der Waals surface area contributed by atoms with Gasteiger partial charge in [-0.2, -0.15) is 0 Å². The third-order valence-electron chi connectivity index (χ3n) is 6.22. The Kier molecular flexibility index (Phi) is 9.03. The molecule has 0 saturated carbocycles. The van der Waals surface area contributed by atoms with Crippen LogP contribution in [0.3, 0.4) is 0 Å². The molecule has 0 spiro atoms. The Morgan fingerprint density at radius 2 is 1.22 bits per heavy atom. The molecule has 0 bridgehead atoms. The molecule has 3 aromatic carbocycles. The van der Waals surface area contributed by atoms with E-state index in [1.54, 1.807) is 97.1 Å². The summed E-state index contributed by atoms with van der Waals surface area (Å²) in [5.41, 5.74) is -2.08. The molecular weight excluding hydrogens is 546 g/mol. The molecule has 0 aliphatic heterocycles. The first-order chi connectivity index (χ1) is 19.0. The van der Waals surface area contributed by atoms with Crippen LogP contribution in [0.15, 0.2) is 72.8 Å². The van der Waals surface area contributed by atoms with Gasteiger partial charge in [-0.1, -0.05) is 72.3 Å². The van der Waals surface area contributed by atoms with Crippen LogP contribution in [-0.2, 0) is 15.0 Å². The molecule has 0 atom stereocenters. The average Bonchev–Trinajstić information content (AvgIpc) is 2.88. The predicted molar refractivity (Wildman–Crippen MR) is 160 cm³/mol. The molecule has 0 aliphatic carbocycles. The number of carbonyl (C=O) groups is 2. The Bertz CT molecular complexity index is 1380. The van der Waals surface area contributed by atoms with Crippen molar-refractivity contribution in [2.75, 3.05) is 19.0 Å². The Morgan fingerprint density at radius 3 is 1.63 bits per heavy atom. The highest BCUT2D eigenvalue weighted by Crippen LogP contribution is 2.49. The van der Waals surface area contributed by atoms with E-state index in [0.717, 1.165) is 4.90 Å². The van der Waals surface area contributed by atoms with Crippen molar-refractivity contribution in [2.24, 2.45) is 0 Å². The molecule has 0 unspecified atom stereocenters. The number of benzene rings is 3. The maximum Gasteiger partial charge on any atom is 0.414 e. The SMILES string of the molecule is CN(C(=O)OC(C)(C)C)c1cc([N+](=O)[O-])cc(C(c2ccccc2)(c2ccccc2)N(C)C(=O)OC(C)(C)C)c1Cl. The fraction of sp³-hybridized carbons (Fsp3) is 0.355. The monoisotopic (exact) mass is 581 g/mol. The summed E-state index contributed by atoms with van der Waals surface area (Å²) in [4.78, 5) is 41.1. The second-order valence-corrected chi connectivity index (χ2v) is 12.0. The van der Waals surface area contributed by atoms with Crippen LogP contribution in [0.5, 0.6) is 0 Å². The first kappa shape index (κ1) is 31.4. The summed E-state index contributed by atoms with van der Waals surface area (Å²) in [7, 11) is 2.98. The third-order valence-corrected chi connectivity index (χ3v) is 6.62. The smallest absolute Gasteiger partial charge is 0.414 e. The number of amides is 2. The molecule has 0 fully saturated rings. The van der Waals surface area contributed by atoms with Crippen molar-refractivity contribution in [3.05, 3.63) is 105 Å². The van der Waals surface area contributed by atoms with E-state index in [2.05, 4.69) is 0 Å². The van der Waals surface area contributed by atoms with Crippen molar-refractivity contribution in [1.29, 1.82) is 0 Å². The van der Waals surface area contributed by atoms with Crippen molar-refractivity contribution in [3.8, 4) is 0 Å². The highest BCUT2D eigenvalue weighted by Gasteiger charge is 2.47. The predicted octanol–water partition coefficient (Wildman–Crippen LogP) is 7.78. The van der Waals surface area contributed by atoms with E-state index in [-0.39, 0.29) is 22.0 Å². The van der Waals surface area contributed by atoms with E-state index in [1.807, 2.05) is 12.1 Å².